The summed E-state index contributed by atoms with van der Waals surface area (Å²) in [5.74, 6) is 0.346. The van der Waals surface area contributed by atoms with E-state index < -0.39 is 22.6 Å². The number of ketones is 2. The van der Waals surface area contributed by atoms with E-state index in [0.29, 0.717) is 35.1 Å². The summed E-state index contributed by atoms with van der Waals surface area (Å²) >= 11 is 0. The number of fused-ring (bicyclic) bond motifs is 2. The normalized spacial score (nSPS) is 38.8. The summed E-state index contributed by atoms with van der Waals surface area (Å²) in [6.07, 6.45) is 26.3. The van der Waals surface area contributed by atoms with Gasteiger partial charge in [0.2, 0.25) is 0 Å². The molecule has 52 heavy (non-hydrogen) atoms. The fourth-order valence-corrected chi connectivity index (χ4v) is 10.1. The molecule has 0 bridgehead atoms. The first-order chi connectivity index (χ1) is 24.7. The van der Waals surface area contributed by atoms with Gasteiger partial charge in [-0.1, -0.05) is 101 Å². The second kappa shape index (κ2) is 15.4. The predicted molar refractivity (Wildman–Crippen MR) is 204 cm³/mol. The van der Waals surface area contributed by atoms with Crippen LogP contribution in [0, 0.1) is 58.2 Å². The molecule has 0 saturated heterocycles. The monoisotopic (exact) mass is 710 g/mol. The second-order valence-electron chi connectivity index (χ2n) is 16.2. The molecule has 10 atom stereocenters. The number of Topliss-reactive ketones (excluding diaryl/α,β-unsaturated/α-hetero) is 2. The van der Waals surface area contributed by atoms with Crippen LogP contribution in [0.4, 0.5) is 0 Å². The number of aliphatic hydroxyl groups is 2. The molecular weight excluding hydrogens is 652 g/mol. The van der Waals surface area contributed by atoms with Gasteiger partial charge < -0.3 is 20.8 Å². The lowest BCUT2D eigenvalue weighted by Gasteiger charge is -2.49. The standard InChI is InChI=1S/2C22H29NO3/c2*1-5-7-15-10-9-14-12-13(3)8-11-16(14)22(15,4)20(25)18-19(24)17(6-2)23-21(18)26/h2*5-7,9-10,13-16,24H,8,11-12H2,1-4H3,(H,23,26)/b2*7-5+,17-6-/t2*13-,14-,15-,16-,22-/m11/s1. The molecule has 0 unspecified atom stereocenters. The number of carbonyl (C=O) groups is 4. The van der Waals surface area contributed by atoms with Crippen molar-refractivity contribution in [3.8, 4) is 0 Å². The molecule has 0 spiro atoms. The van der Waals surface area contributed by atoms with Crippen LogP contribution in [0.15, 0.2) is 94.8 Å². The Labute approximate surface area is 309 Å². The molecule has 2 fully saturated rings. The zero-order valence-corrected chi connectivity index (χ0v) is 32.2. The molecule has 6 rings (SSSR count). The second-order valence-corrected chi connectivity index (χ2v) is 16.2. The Morgan fingerprint density at radius 2 is 1.02 bits per heavy atom. The summed E-state index contributed by atoms with van der Waals surface area (Å²) in [5.41, 5.74) is -0.966. The van der Waals surface area contributed by atoms with Crippen molar-refractivity contribution >= 4 is 23.4 Å². The topological polar surface area (TPSA) is 133 Å². The number of amides is 2. The van der Waals surface area contributed by atoms with E-state index in [0.717, 1.165) is 38.5 Å². The van der Waals surface area contributed by atoms with Crippen molar-refractivity contribution in [2.75, 3.05) is 0 Å². The van der Waals surface area contributed by atoms with Crippen molar-refractivity contribution in [3.63, 3.8) is 0 Å². The van der Waals surface area contributed by atoms with Crippen LogP contribution in [-0.2, 0) is 19.2 Å². The van der Waals surface area contributed by atoms with E-state index in [4.69, 9.17) is 0 Å². The summed E-state index contributed by atoms with van der Waals surface area (Å²) in [6.45, 7) is 15.8. The van der Waals surface area contributed by atoms with Crippen molar-refractivity contribution in [2.24, 2.45) is 58.2 Å². The number of carbonyl (C=O) groups excluding carboxylic acids is 4. The first-order valence-corrected chi connectivity index (χ1v) is 19.2. The largest absolute Gasteiger partial charge is 0.505 e. The highest BCUT2D eigenvalue weighted by Crippen LogP contribution is 2.55. The van der Waals surface area contributed by atoms with Gasteiger partial charge in [0.05, 0.1) is 11.4 Å². The molecule has 0 aromatic heterocycles. The highest BCUT2D eigenvalue weighted by molar-refractivity contribution is 6.25. The third-order valence-electron chi connectivity index (χ3n) is 13.1. The van der Waals surface area contributed by atoms with Crippen LogP contribution >= 0.6 is 0 Å². The van der Waals surface area contributed by atoms with Gasteiger partial charge in [-0.05, 0) is 88.9 Å². The molecule has 2 amide bonds. The number of hydrogen-bond donors (Lipinski definition) is 4. The first kappa shape index (κ1) is 39.0. The van der Waals surface area contributed by atoms with E-state index in [1.165, 1.54) is 0 Å². The molecule has 2 aliphatic heterocycles. The Hall–Kier alpha value is -4.20. The molecule has 0 radical (unpaired) electrons. The molecule has 0 aromatic rings. The van der Waals surface area contributed by atoms with Gasteiger partial charge in [0, 0.05) is 22.7 Å². The molecule has 6 aliphatic rings. The molecule has 8 nitrogen and oxygen atoms in total. The molecule has 280 valence electrons. The average Bonchev–Trinajstić information content (AvgIpc) is 3.58. The quantitative estimate of drug-likeness (QED) is 0.162. The lowest BCUT2D eigenvalue weighted by molar-refractivity contribution is -0.135. The highest BCUT2D eigenvalue weighted by atomic mass is 16.3. The van der Waals surface area contributed by atoms with Gasteiger partial charge >= 0.3 is 0 Å². The van der Waals surface area contributed by atoms with E-state index in [9.17, 15) is 29.4 Å². The van der Waals surface area contributed by atoms with Crippen LogP contribution in [0.5, 0.6) is 0 Å². The van der Waals surface area contributed by atoms with Crippen molar-refractivity contribution in [1.82, 2.24) is 10.6 Å². The van der Waals surface area contributed by atoms with Crippen LogP contribution in [0.3, 0.4) is 0 Å². The number of allylic oxidation sites excluding steroid dienone is 10. The van der Waals surface area contributed by atoms with Gasteiger partial charge in [-0.15, -0.1) is 0 Å². The van der Waals surface area contributed by atoms with Crippen LogP contribution in [0.2, 0.25) is 0 Å². The Kier molecular flexibility index (Phi) is 11.6. The molecule has 4 N–H and O–H groups in total. The summed E-state index contributed by atoms with van der Waals surface area (Å²) in [6, 6.07) is 0. The smallest absolute Gasteiger partial charge is 0.263 e. The molecule has 0 aromatic carbocycles. The maximum absolute atomic E-state index is 13.7. The fourth-order valence-electron chi connectivity index (χ4n) is 10.1. The molecule has 4 aliphatic carbocycles. The molecular formula is C44H58N2O6. The third-order valence-corrected chi connectivity index (χ3v) is 13.1. The lowest BCUT2D eigenvalue weighted by Crippen LogP contribution is -2.49. The first-order valence-electron chi connectivity index (χ1n) is 19.2. The maximum Gasteiger partial charge on any atom is 0.263 e. The fraction of sp³-hybridized carbons (Fsp3) is 0.545. The Balaban J connectivity index is 0.000000201. The predicted octanol–water partition coefficient (Wildman–Crippen LogP) is 8.44. The minimum atomic E-state index is -0.726. The summed E-state index contributed by atoms with van der Waals surface area (Å²) in [5, 5.41) is 26.1. The van der Waals surface area contributed by atoms with Crippen LogP contribution < -0.4 is 10.6 Å². The zero-order valence-electron chi connectivity index (χ0n) is 32.2. The Morgan fingerprint density at radius 1 is 0.654 bits per heavy atom. The van der Waals surface area contributed by atoms with Gasteiger partial charge in [-0.25, -0.2) is 0 Å². The van der Waals surface area contributed by atoms with Crippen LogP contribution in [-0.4, -0.2) is 33.6 Å². The summed E-state index contributed by atoms with van der Waals surface area (Å²) in [7, 11) is 0. The summed E-state index contributed by atoms with van der Waals surface area (Å²) in [4.78, 5) is 52.2. The van der Waals surface area contributed by atoms with E-state index >= 15 is 0 Å². The van der Waals surface area contributed by atoms with Crippen LogP contribution in [0.1, 0.15) is 93.9 Å². The van der Waals surface area contributed by atoms with Crippen molar-refractivity contribution in [3.05, 3.63) is 94.8 Å². The minimum Gasteiger partial charge on any atom is -0.505 e. The molecule has 2 saturated carbocycles. The zero-order chi connectivity index (χ0) is 38.1. The SMILES string of the molecule is C/C=C1\NC(=O)C(C(=O)[C@@]2(C)[C@@H]3CC[C@@H](C)C[C@H]3C=C[C@H]2/C=C/C)=C1O.C/C=C1\NC(=O)C(C(=O)[C@@]2(C)[C@@H]3CC[C@@H](C)C[C@H]3C=C[C@H]2/C=C/C)=C1O. The number of rotatable bonds is 6. The number of aliphatic hydroxyl groups excluding tert-OH is 2. The third kappa shape index (κ3) is 6.62. The van der Waals surface area contributed by atoms with E-state index in [-0.39, 0.29) is 57.9 Å². The van der Waals surface area contributed by atoms with Crippen molar-refractivity contribution in [1.29, 1.82) is 0 Å². The van der Waals surface area contributed by atoms with E-state index in [2.05, 4.69) is 48.8 Å². The Bertz CT molecular complexity index is 1610. The number of nitrogens with one attached hydrogen (secondary N) is 2. The van der Waals surface area contributed by atoms with Gasteiger partial charge in [-0.2, -0.15) is 0 Å². The van der Waals surface area contributed by atoms with Crippen LogP contribution in [0.25, 0.3) is 0 Å². The van der Waals surface area contributed by atoms with Gasteiger partial charge in [0.15, 0.2) is 23.1 Å². The van der Waals surface area contributed by atoms with Gasteiger partial charge in [0.25, 0.3) is 11.8 Å². The Morgan fingerprint density at radius 3 is 1.33 bits per heavy atom. The number of hydrogen-bond acceptors (Lipinski definition) is 6. The van der Waals surface area contributed by atoms with Crippen molar-refractivity contribution in [2.45, 2.75) is 93.9 Å². The maximum atomic E-state index is 13.7. The molecule has 2 heterocycles. The van der Waals surface area contributed by atoms with E-state index in [1.54, 1.807) is 26.0 Å². The highest BCUT2D eigenvalue weighted by Gasteiger charge is 2.55. The average molecular weight is 711 g/mol. The minimum absolute atomic E-state index is 0.0718. The summed E-state index contributed by atoms with van der Waals surface area (Å²) < 4.78 is 0. The van der Waals surface area contributed by atoms with Gasteiger partial charge in [-0.3, -0.25) is 19.2 Å². The van der Waals surface area contributed by atoms with E-state index in [1.807, 2.05) is 52.0 Å². The van der Waals surface area contributed by atoms with Gasteiger partial charge in [0.1, 0.15) is 11.1 Å². The molecule has 8 heteroatoms. The van der Waals surface area contributed by atoms with Crippen molar-refractivity contribution < 1.29 is 29.4 Å². The lowest BCUT2D eigenvalue weighted by atomic mass is 9.53.